The highest BCUT2D eigenvalue weighted by Crippen LogP contribution is 2.28. The number of hydrogen-bond acceptors (Lipinski definition) is 3. The average Bonchev–Trinajstić information content (AvgIpc) is 2.36. The molecule has 108 valence electrons. The monoisotopic (exact) mass is 349 g/mol. The van der Waals surface area contributed by atoms with Crippen molar-refractivity contribution in [2.45, 2.75) is 18.9 Å². The van der Waals surface area contributed by atoms with Gasteiger partial charge in [0, 0.05) is 36.3 Å². The summed E-state index contributed by atoms with van der Waals surface area (Å²) in [6, 6.07) is 5.57. The van der Waals surface area contributed by atoms with E-state index in [2.05, 4.69) is 20.8 Å². The van der Waals surface area contributed by atoms with E-state index < -0.39 is 6.10 Å². The molecule has 1 aromatic rings. The molecule has 1 unspecified atom stereocenters. The van der Waals surface area contributed by atoms with Gasteiger partial charge >= 0.3 is 0 Å². The molecule has 0 fully saturated rings. The van der Waals surface area contributed by atoms with E-state index in [1.54, 1.807) is 7.11 Å². The number of benzene rings is 1. The summed E-state index contributed by atoms with van der Waals surface area (Å²) in [5, 5.41) is 10.8. The van der Waals surface area contributed by atoms with E-state index in [-0.39, 0.29) is 0 Å². The van der Waals surface area contributed by atoms with Crippen LogP contribution in [-0.4, -0.2) is 43.9 Å². The first-order valence-electron chi connectivity index (χ1n) is 6.35. The molecule has 1 aromatic carbocycles. The van der Waals surface area contributed by atoms with Crippen molar-refractivity contribution in [1.82, 2.24) is 4.90 Å². The maximum atomic E-state index is 10.2. The molecule has 19 heavy (non-hydrogen) atoms. The van der Waals surface area contributed by atoms with Gasteiger partial charge in [0.05, 0.1) is 6.10 Å². The van der Waals surface area contributed by atoms with Gasteiger partial charge in [0.15, 0.2) is 0 Å². The highest BCUT2D eigenvalue weighted by molar-refractivity contribution is 9.10. The Labute approximate surface area is 128 Å². The van der Waals surface area contributed by atoms with Crippen LogP contribution in [0.5, 0.6) is 0 Å². The molecule has 0 spiro atoms. The minimum atomic E-state index is -0.523. The standard InChI is InChI=1S/C14H21BrClNO2/c1-17(7-3-9-19-2)8-6-14(18)12-5-4-11(15)10-13(12)16/h4-5,10,14,18H,3,6-9H2,1-2H3. The van der Waals surface area contributed by atoms with E-state index >= 15 is 0 Å². The molecule has 0 amide bonds. The van der Waals surface area contributed by atoms with Crippen molar-refractivity contribution in [3.63, 3.8) is 0 Å². The maximum Gasteiger partial charge on any atom is 0.0816 e. The van der Waals surface area contributed by atoms with Gasteiger partial charge in [0.2, 0.25) is 0 Å². The Balaban J connectivity index is 2.40. The number of halogens is 2. The summed E-state index contributed by atoms with van der Waals surface area (Å²) in [7, 11) is 3.75. The van der Waals surface area contributed by atoms with Gasteiger partial charge < -0.3 is 14.7 Å². The van der Waals surface area contributed by atoms with Crippen molar-refractivity contribution >= 4 is 27.5 Å². The number of hydrogen-bond donors (Lipinski definition) is 1. The van der Waals surface area contributed by atoms with Crippen LogP contribution < -0.4 is 0 Å². The van der Waals surface area contributed by atoms with Crippen LogP contribution in [0.4, 0.5) is 0 Å². The lowest BCUT2D eigenvalue weighted by Gasteiger charge is -2.19. The number of aliphatic hydroxyl groups excluding tert-OH is 1. The highest BCUT2D eigenvalue weighted by Gasteiger charge is 2.12. The van der Waals surface area contributed by atoms with Crippen molar-refractivity contribution in [2.24, 2.45) is 0 Å². The number of methoxy groups -OCH3 is 1. The van der Waals surface area contributed by atoms with Crippen LogP contribution >= 0.6 is 27.5 Å². The molecule has 0 bridgehead atoms. The lowest BCUT2D eigenvalue weighted by atomic mass is 10.1. The molecular formula is C14H21BrClNO2. The van der Waals surface area contributed by atoms with E-state index in [4.69, 9.17) is 16.3 Å². The molecule has 1 rings (SSSR count). The summed E-state index contributed by atoms with van der Waals surface area (Å²) in [4.78, 5) is 2.19. The Hall–Kier alpha value is -0.130. The fourth-order valence-corrected chi connectivity index (χ4v) is 2.66. The second-order valence-electron chi connectivity index (χ2n) is 4.62. The zero-order chi connectivity index (χ0) is 14.3. The third kappa shape index (κ3) is 6.23. The number of nitrogens with zero attached hydrogens (tertiary/aromatic N) is 1. The van der Waals surface area contributed by atoms with Gasteiger partial charge in [-0.25, -0.2) is 0 Å². The summed E-state index contributed by atoms with van der Waals surface area (Å²) in [6.45, 7) is 2.57. The van der Waals surface area contributed by atoms with E-state index in [1.807, 2.05) is 25.2 Å². The SMILES string of the molecule is COCCCN(C)CCC(O)c1ccc(Br)cc1Cl. The van der Waals surface area contributed by atoms with Gasteiger partial charge in [-0.05, 0) is 37.6 Å². The lowest BCUT2D eigenvalue weighted by molar-refractivity contribution is 0.142. The smallest absolute Gasteiger partial charge is 0.0816 e. The molecule has 3 nitrogen and oxygen atoms in total. The molecular weight excluding hydrogens is 330 g/mol. The average molecular weight is 351 g/mol. The van der Waals surface area contributed by atoms with Gasteiger partial charge in [-0.15, -0.1) is 0 Å². The Morgan fingerprint density at radius 1 is 1.42 bits per heavy atom. The summed E-state index contributed by atoms with van der Waals surface area (Å²) < 4.78 is 5.94. The molecule has 0 aliphatic carbocycles. The van der Waals surface area contributed by atoms with Crippen LogP contribution in [0, 0.1) is 0 Å². The molecule has 0 saturated carbocycles. The summed E-state index contributed by atoms with van der Waals surface area (Å²) >= 11 is 9.48. The van der Waals surface area contributed by atoms with Crippen LogP contribution in [0.1, 0.15) is 24.5 Å². The molecule has 0 aliphatic heterocycles. The molecule has 5 heteroatoms. The van der Waals surface area contributed by atoms with Crippen molar-refractivity contribution < 1.29 is 9.84 Å². The largest absolute Gasteiger partial charge is 0.388 e. The molecule has 1 atom stereocenters. The fraction of sp³-hybridized carbons (Fsp3) is 0.571. The molecule has 0 aliphatic rings. The summed E-state index contributed by atoms with van der Waals surface area (Å²) in [6.07, 6.45) is 1.15. The Kier molecular flexibility index (Phi) is 7.95. The molecule has 0 aromatic heterocycles. The van der Waals surface area contributed by atoms with Crippen molar-refractivity contribution in [2.75, 3.05) is 33.9 Å². The van der Waals surface area contributed by atoms with Crippen molar-refractivity contribution in [3.05, 3.63) is 33.3 Å². The Morgan fingerprint density at radius 2 is 2.16 bits per heavy atom. The maximum absolute atomic E-state index is 10.2. The topological polar surface area (TPSA) is 32.7 Å². The highest BCUT2D eigenvalue weighted by atomic mass is 79.9. The quantitative estimate of drug-likeness (QED) is 0.728. The number of rotatable bonds is 8. The zero-order valence-corrected chi connectivity index (χ0v) is 13.7. The number of ether oxygens (including phenoxy) is 1. The Bertz CT molecular complexity index is 390. The Morgan fingerprint density at radius 3 is 2.79 bits per heavy atom. The third-order valence-corrected chi connectivity index (χ3v) is 3.81. The predicted octanol–water partition coefficient (Wildman–Crippen LogP) is 3.49. The normalized spacial score (nSPS) is 12.9. The van der Waals surface area contributed by atoms with Gasteiger partial charge in [0.1, 0.15) is 0 Å². The predicted molar refractivity (Wildman–Crippen MR) is 82.7 cm³/mol. The molecule has 0 heterocycles. The van der Waals surface area contributed by atoms with Gasteiger partial charge in [0.25, 0.3) is 0 Å². The van der Waals surface area contributed by atoms with Gasteiger partial charge in [-0.1, -0.05) is 33.6 Å². The van der Waals surface area contributed by atoms with Gasteiger partial charge in [-0.3, -0.25) is 0 Å². The van der Waals surface area contributed by atoms with Crippen molar-refractivity contribution in [1.29, 1.82) is 0 Å². The first-order valence-corrected chi connectivity index (χ1v) is 7.52. The summed E-state index contributed by atoms with van der Waals surface area (Å²) in [5.74, 6) is 0. The van der Waals surface area contributed by atoms with Crippen LogP contribution in [-0.2, 0) is 4.74 Å². The van der Waals surface area contributed by atoms with Crippen molar-refractivity contribution in [3.8, 4) is 0 Å². The fourth-order valence-electron chi connectivity index (χ4n) is 1.86. The summed E-state index contributed by atoms with van der Waals surface area (Å²) in [5.41, 5.74) is 0.787. The van der Waals surface area contributed by atoms with Crippen LogP contribution in [0.15, 0.2) is 22.7 Å². The lowest BCUT2D eigenvalue weighted by Crippen LogP contribution is -2.23. The van der Waals surface area contributed by atoms with Gasteiger partial charge in [-0.2, -0.15) is 0 Å². The van der Waals surface area contributed by atoms with E-state index in [1.165, 1.54) is 0 Å². The minimum absolute atomic E-state index is 0.523. The second kappa shape index (κ2) is 8.93. The van der Waals surface area contributed by atoms with Crippen LogP contribution in [0.2, 0.25) is 5.02 Å². The second-order valence-corrected chi connectivity index (χ2v) is 5.94. The first kappa shape index (κ1) is 16.9. The van der Waals surface area contributed by atoms with Crippen LogP contribution in [0.25, 0.3) is 0 Å². The number of aliphatic hydroxyl groups is 1. The zero-order valence-electron chi connectivity index (χ0n) is 11.4. The third-order valence-electron chi connectivity index (χ3n) is 2.99. The molecule has 0 radical (unpaired) electrons. The van der Waals surface area contributed by atoms with E-state index in [9.17, 15) is 5.11 Å². The van der Waals surface area contributed by atoms with Crippen LogP contribution in [0.3, 0.4) is 0 Å². The molecule has 0 saturated heterocycles. The van der Waals surface area contributed by atoms with E-state index in [0.717, 1.165) is 36.2 Å². The minimum Gasteiger partial charge on any atom is -0.388 e. The van der Waals surface area contributed by atoms with E-state index in [0.29, 0.717) is 11.4 Å². The first-order chi connectivity index (χ1) is 9.04. The molecule has 1 N–H and O–H groups in total.